The van der Waals surface area contributed by atoms with E-state index in [1.54, 1.807) is 24.3 Å². The normalized spacial score (nSPS) is 14.5. The SMILES string of the molecule is O=C(O)CCNC(=O)c1ccc(C(=O)C(=CC(=O)c2cc(C(F)(F)F)cc(C(F)(F)F)c2)c2ccc(C3CCCCC3)cc2)cc1. The Morgan fingerprint density at radius 3 is 1.76 bits per heavy atom. The van der Waals surface area contributed by atoms with Gasteiger partial charge >= 0.3 is 18.3 Å². The van der Waals surface area contributed by atoms with Gasteiger partial charge in [0, 0.05) is 28.8 Å². The quantitative estimate of drug-likeness (QED) is 0.132. The van der Waals surface area contributed by atoms with Crippen LogP contribution in [-0.2, 0) is 17.1 Å². The Morgan fingerprint density at radius 1 is 0.717 bits per heavy atom. The van der Waals surface area contributed by atoms with Crippen LogP contribution in [-0.4, -0.2) is 35.1 Å². The summed E-state index contributed by atoms with van der Waals surface area (Å²) in [4.78, 5) is 50.0. The van der Waals surface area contributed by atoms with E-state index in [1.807, 2.05) is 0 Å². The summed E-state index contributed by atoms with van der Waals surface area (Å²) in [6, 6.07) is 12.4. The third-order valence-corrected chi connectivity index (χ3v) is 7.72. The fourth-order valence-corrected chi connectivity index (χ4v) is 5.28. The molecular formula is C34H29F6NO5. The summed E-state index contributed by atoms with van der Waals surface area (Å²) in [5.74, 6) is -3.42. The van der Waals surface area contributed by atoms with Crippen molar-refractivity contribution in [2.24, 2.45) is 0 Å². The summed E-state index contributed by atoms with van der Waals surface area (Å²) in [5, 5.41) is 11.2. The molecule has 0 bridgehead atoms. The molecule has 0 atom stereocenters. The monoisotopic (exact) mass is 645 g/mol. The molecule has 46 heavy (non-hydrogen) atoms. The summed E-state index contributed by atoms with van der Waals surface area (Å²) in [7, 11) is 0. The van der Waals surface area contributed by atoms with Crippen molar-refractivity contribution in [3.63, 3.8) is 0 Å². The average Bonchev–Trinajstić information content (AvgIpc) is 3.02. The number of hydrogen-bond acceptors (Lipinski definition) is 4. The number of allylic oxidation sites excluding steroid dienone is 2. The number of carboxylic acid groups (broad SMARTS) is 1. The van der Waals surface area contributed by atoms with Gasteiger partial charge in [-0.2, -0.15) is 26.3 Å². The third kappa shape index (κ3) is 8.70. The number of amides is 1. The predicted molar refractivity (Wildman–Crippen MR) is 156 cm³/mol. The minimum absolute atomic E-state index is 0.0162. The highest BCUT2D eigenvalue weighted by Gasteiger charge is 2.37. The molecule has 0 heterocycles. The van der Waals surface area contributed by atoms with Crippen LogP contribution in [0.5, 0.6) is 0 Å². The van der Waals surface area contributed by atoms with Crippen molar-refractivity contribution in [3.05, 3.63) is 112 Å². The molecule has 0 unspecified atom stereocenters. The minimum Gasteiger partial charge on any atom is -0.481 e. The molecule has 1 aliphatic carbocycles. The van der Waals surface area contributed by atoms with Gasteiger partial charge in [0.1, 0.15) is 0 Å². The molecule has 1 aliphatic rings. The molecule has 1 fully saturated rings. The highest BCUT2D eigenvalue weighted by atomic mass is 19.4. The molecule has 0 radical (unpaired) electrons. The van der Waals surface area contributed by atoms with Gasteiger partial charge in [0.25, 0.3) is 5.91 Å². The minimum atomic E-state index is -5.17. The van der Waals surface area contributed by atoms with E-state index in [0.717, 1.165) is 43.7 Å². The highest BCUT2D eigenvalue weighted by Crippen LogP contribution is 2.37. The summed E-state index contributed by atoms with van der Waals surface area (Å²) >= 11 is 0. The Hall–Kier alpha value is -4.74. The number of aliphatic carboxylic acids is 1. The first-order valence-corrected chi connectivity index (χ1v) is 14.4. The average molecular weight is 646 g/mol. The van der Waals surface area contributed by atoms with Crippen LogP contribution in [0.4, 0.5) is 26.3 Å². The zero-order valence-electron chi connectivity index (χ0n) is 24.3. The summed E-state index contributed by atoms with van der Waals surface area (Å²) < 4.78 is 80.8. The van der Waals surface area contributed by atoms with Crippen molar-refractivity contribution in [1.82, 2.24) is 5.32 Å². The molecule has 12 heteroatoms. The van der Waals surface area contributed by atoms with E-state index in [2.05, 4.69) is 5.32 Å². The van der Waals surface area contributed by atoms with E-state index in [9.17, 15) is 45.5 Å². The van der Waals surface area contributed by atoms with Crippen LogP contribution >= 0.6 is 0 Å². The summed E-state index contributed by atoms with van der Waals surface area (Å²) in [5.41, 5.74) is -3.20. The van der Waals surface area contributed by atoms with Gasteiger partial charge < -0.3 is 10.4 Å². The molecule has 1 amide bonds. The van der Waals surface area contributed by atoms with Crippen LogP contribution in [0.25, 0.3) is 5.57 Å². The number of benzene rings is 3. The smallest absolute Gasteiger partial charge is 0.416 e. The van der Waals surface area contributed by atoms with E-state index in [1.165, 1.54) is 24.3 Å². The molecule has 242 valence electrons. The number of carboxylic acids is 1. The molecule has 0 aromatic heterocycles. The number of alkyl halides is 6. The zero-order chi connectivity index (χ0) is 33.6. The molecule has 4 rings (SSSR count). The van der Waals surface area contributed by atoms with E-state index in [-0.39, 0.29) is 41.3 Å². The highest BCUT2D eigenvalue weighted by molar-refractivity contribution is 6.32. The maximum Gasteiger partial charge on any atom is 0.416 e. The lowest BCUT2D eigenvalue weighted by molar-refractivity contribution is -0.143. The fourth-order valence-electron chi connectivity index (χ4n) is 5.28. The molecule has 1 saturated carbocycles. The first kappa shape index (κ1) is 34.1. The first-order chi connectivity index (χ1) is 21.6. The van der Waals surface area contributed by atoms with Gasteiger partial charge in [-0.15, -0.1) is 0 Å². The second kappa shape index (κ2) is 14.1. The number of nitrogens with one attached hydrogen (secondary N) is 1. The Labute approximate surface area is 260 Å². The van der Waals surface area contributed by atoms with Crippen LogP contribution in [0.1, 0.15) is 97.8 Å². The van der Waals surface area contributed by atoms with E-state index < -0.39 is 52.5 Å². The van der Waals surface area contributed by atoms with Crippen molar-refractivity contribution in [2.75, 3.05) is 6.54 Å². The van der Waals surface area contributed by atoms with Gasteiger partial charge in [0.05, 0.1) is 17.5 Å². The second-order valence-corrected chi connectivity index (χ2v) is 11.0. The van der Waals surface area contributed by atoms with Crippen molar-refractivity contribution in [2.45, 2.75) is 56.8 Å². The van der Waals surface area contributed by atoms with Crippen LogP contribution < -0.4 is 5.32 Å². The van der Waals surface area contributed by atoms with Crippen LogP contribution in [0, 0.1) is 0 Å². The number of rotatable bonds is 10. The van der Waals surface area contributed by atoms with Gasteiger partial charge in [0.15, 0.2) is 11.6 Å². The van der Waals surface area contributed by atoms with E-state index in [4.69, 9.17) is 5.11 Å². The van der Waals surface area contributed by atoms with Crippen molar-refractivity contribution in [3.8, 4) is 0 Å². The molecule has 0 saturated heterocycles. The van der Waals surface area contributed by atoms with E-state index in [0.29, 0.717) is 18.1 Å². The molecule has 2 N–H and O–H groups in total. The fraction of sp³-hybridized carbons (Fsp3) is 0.294. The molecule has 0 aliphatic heterocycles. The van der Waals surface area contributed by atoms with Crippen LogP contribution in [0.2, 0.25) is 0 Å². The van der Waals surface area contributed by atoms with Crippen molar-refractivity contribution < 1.29 is 50.6 Å². The van der Waals surface area contributed by atoms with Gasteiger partial charge in [-0.3, -0.25) is 19.2 Å². The van der Waals surface area contributed by atoms with Gasteiger partial charge in [-0.25, -0.2) is 0 Å². The lowest BCUT2D eigenvalue weighted by Gasteiger charge is -2.22. The Balaban J connectivity index is 1.72. The zero-order valence-corrected chi connectivity index (χ0v) is 24.3. The summed E-state index contributed by atoms with van der Waals surface area (Å²) in [6.07, 6.45) is -4.71. The van der Waals surface area contributed by atoms with E-state index >= 15 is 0 Å². The molecule has 3 aromatic carbocycles. The number of carbonyl (C=O) groups excluding carboxylic acids is 3. The van der Waals surface area contributed by atoms with Gasteiger partial charge in [0.2, 0.25) is 0 Å². The Kier molecular flexibility index (Phi) is 10.5. The largest absolute Gasteiger partial charge is 0.481 e. The second-order valence-electron chi connectivity index (χ2n) is 11.0. The number of ketones is 2. The van der Waals surface area contributed by atoms with Crippen molar-refractivity contribution >= 4 is 29.0 Å². The van der Waals surface area contributed by atoms with Gasteiger partial charge in [-0.1, -0.05) is 55.7 Å². The standard InChI is InChI=1S/C34H29F6NO5/c35-33(36,37)26-16-25(17-27(18-26)34(38,39)40)29(42)19-28(22-8-6-21(7-9-22)20-4-2-1-3-5-20)31(45)23-10-12-24(13-11-23)32(46)41-15-14-30(43)44/h6-13,16-20H,1-5,14-15H2,(H,41,46)(H,43,44). The summed E-state index contributed by atoms with van der Waals surface area (Å²) in [6.45, 7) is -0.133. The maximum absolute atomic E-state index is 13.7. The Morgan fingerprint density at radius 2 is 1.24 bits per heavy atom. The van der Waals surface area contributed by atoms with Crippen LogP contribution in [0.3, 0.4) is 0 Å². The number of Topliss-reactive ketones (excluding diaryl/α,β-unsaturated/α-hetero) is 1. The molecule has 6 nitrogen and oxygen atoms in total. The first-order valence-electron chi connectivity index (χ1n) is 14.4. The number of carbonyl (C=O) groups is 4. The number of hydrogen-bond donors (Lipinski definition) is 2. The predicted octanol–water partition coefficient (Wildman–Crippen LogP) is 8.13. The molecule has 0 spiro atoms. The van der Waals surface area contributed by atoms with Crippen molar-refractivity contribution in [1.29, 1.82) is 0 Å². The molecule has 3 aromatic rings. The van der Waals surface area contributed by atoms with Gasteiger partial charge in [-0.05, 0) is 66.3 Å². The van der Waals surface area contributed by atoms with Crippen LogP contribution in [0.15, 0.2) is 72.8 Å². The Bertz CT molecular complexity index is 1600. The number of halogens is 6. The lowest BCUT2D eigenvalue weighted by Crippen LogP contribution is -2.26. The third-order valence-electron chi connectivity index (χ3n) is 7.72. The lowest BCUT2D eigenvalue weighted by atomic mass is 9.83. The topological polar surface area (TPSA) is 101 Å². The molecular weight excluding hydrogens is 616 g/mol. The maximum atomic E-state index is 13.7.